The monoisotopic (exact) mass is 545 g/mol. The molecule has 1 aliphatic carbocycles. The minimum absolute atomic E-state index is 0.0496. The Morgan fingerprint density at radius 2 is 1.68 bits per heavy atom. The minimum atomic E-state index is -1.19. The maximum absolute atomic E-state index is 14.1. The summed E-state index contributed by atoms with van der Waals surface area (Å²) in [6, 6.07) is 12.1. The van der Waals surface area contributed by atoms with Gasteiger partial charge < -0.3 is 5.32 Å². The van der Waals surface area contributed by atoms with Gasteiger partial charge in [0.1, 0.15) is 5.82 Å². The van der Waals surface area contributed by atoms with Crippen LogP contribution in [0.1, 0.15) is 42.1 Å². The molecule has 8 nitrogen and oxygen atoms in total. The van der Waals surface area contributed by atoms with Crippen molar-refractivity contribution in [2.24, 2.45) is 0 Å². The van der Waals surface area contributed by atoms with Crippen LogP contribution >= 0.6 is 0 Å². The van der Waals surface area contributed by atoms with Crippen molar-refractivity contribution in [2.75, 3.05) is 0 Å². The lowest BCUT2D eigenvalue weighted by Gasteiger charge is -2.30. The Balaban J connectivity index is 1.31. The molecular weight excluding hydrogens is 523 g/mol. The van der Waals surface area contributed by atoms with Crippen molar-refractivity contribution in [1.82, 2.24) is 24.4 Å². The Morgan fingerprint density at radius 1 is 0.900 bits per heavy atom. The Morgan fingerprint density at radius 3 is 2.45 bits per heavy atom. The van der Waals surface area contributed by atoms with E-state index in [0.717, 1.165) is 38.9 Å². The molecule has 0 saturated heterocycles. The van der Waals surface area contributed by atoms with Gasteiger partial charge in [-0.25, -0.2) is 27.5 Å². The standard InChI is InChI=1S/C29H22F3N5O3/c30-17-13-22-26(34-15-17)36(20-10-11-23(31)24(32)14-20)29(40)37(28(22)39)19-8-6-18(7-9-19)35-27(38)21-5-1-3-16-4-2-12-33-25(16)21/h1-5,10-15,18-19H,6-9H2,(H,35,38). The summed E-state index contributed by atoms with van der Waals surface area (Å²) in [5, 5.41) is 3.71. The Labute approximate surface area is 224 Å². The number of nitrogens with one attached hydrogen (secondary N) is 1. The van der Waals surface area contributed by atoms with Crippen LogP contribution in [0.3, 0.4) is 0 Å². The molecule has 0 spiro atoms. The maximum atomic E-state index is 14.1. The van der Waals surface area contributed by atoms with Gasteiger partial charge in [-0.3, -0.25) is 19.1 Å². The van der Waals surface area contributed by atoms with Crippen molar-refractivity contribution in [2.45, 2.75) is 37.8 Å². The number of fused-ring (bicyclic) bond motifs is 2. The van der Waals surface area contributed by atoms with Gasteiger partial charge in [0.15, 0.2) is 17.3 Å². The van der Waals surface area contributed by atoms with Gasteiger partial charge in [-0.15, -0.1) is 0 Å². The van der Waals surface area contributed by atoms with Gasteiger partial charge in [-0.2, -0.15) is 0 Å². The third-order valence-electron chi connectivity index (χ3n) is 7.33. The quantitative estimate of drug-likeness (QED) is 0.360. The average Bonchev–Trinajstić information content (AvgIpc) is 2.96. The molecular formula is C29H22F3N5O3. The van der Waals surface area contributed by atoms with Crippen LogP contribution in [0.5, 0.6) is 0 Å². The maximum Gasteiger partial charge on any atom is 0.337 e. The SMILES string of the molecule is O=C(NC1CCC(n2c(=O)c3cc(F)cnc3n(-c3ccc(F)c(F)c3)c2=O)CC1)c1cccc2cccnc12. The first kappa shape index (κ1) is 25.5. The van der Waals surface area contributed by atoms with Gasteiger partial charge in [-0.1, -0.05) is 18.2 Å². The normalized spacial score (nSPS) is 17.3. The number of carbonyl (C=O) groups is 1. The fourth-order valence-electron chi connectivity index (χ4n) is 5.39. The Kier molecular flexibility index (Phi) is 6.41. The first-order valence-electron chi connectivity index (χ1n) is 12.7. The number of hydrogen-bond acceptors (Lipinski definition) is 5. The second kappa shape index (κ2) is 10.1. The van der Waals surface area contributed by atoms with Crippen molar-refractivity contribution < 1.29 is 18.0 Å². The van der Waals surface area contributed by atoms with Crippen LogP contribution in [-0.4, -0.2) is 31.1 Å². The van der Waals surface area contributed by atoms with E-state index in [2.05, 4.69) is 15.3 Å². The zero-order chi connectivity index (χ0) is 28.0. The van der Waals surface area contributed by atoms with Crippen molar-refractivity contribution >= 4 is 27.8 Å². The molecule has 1 fully saturated rings. The first-order valence-corrected chi connectivity index (χ1v) is 12.7. The topological polar surface area (TPSA) is 98.9 Å². The van der Waals surface area contributed by atoms with Gasteiger partial charge in [-0.05, 0) is 56.0 Å². The lowest BCUT2D eigenvalue weighted by atomic mass is 9.90. The Bertz CT molecular complexity index is 1910. The van der Waals surface area contributed by atoms with Gasteiger partial charge in [0.05, 0.1) is 28.4 Å². The van der Waals surface area contributed by atoms with Crippen molar-refractivity contribution in [3.8, 4) is 5.69 Å². The smallest absolute Gasteiger partial charge is 0.337 e. The highest BCUT2D eigenvalue weighted by Crippen LogP contribution is 2.28. The molecule has 3 aromatic heterocycles. The molecule has 0 radical (unpaired) electrons. The number of para-hydroxylation sites is 1. The molecule has 1 N–H and O–H groups in total. The molecule has 202 valence electrons. The van der Waals surface area contributed by atoms with Gasteiger partial charge in [0.25, 0.3) is 11.5 Å². The van der Waals surface area contributed by atoms with Crippen molar-refractivity contribution in [3.63, 3.8) is 0 Å². The lowest BCUT2D eigenvalue weighted by molar-refractivity contribution is 0.0923. The molecule has 5 aromatic rings. The summed E-state index contributed by atoms with van der Waals surface area (Å²) in [4.78, 5) is 48.4. The number of carbonyl (C=O) groups excluding carboxylic acids is 1. The molecule has 1 amide bonds. The third kappa shape index (κ3) is 4.42. The summed E-state index contributed by atoms with van der Waals surface area (Å²) in [6.45, 7) is 0. The molecule has 1 aliphatic rings. The zero-order valence-electron chi connectivity index (χ0n) is 21.0. The number of aromatic nitrogens is 4. The highest BCUT2D eigenvalue weighted by Gasteiger charge is 2.28. The van der Waals surface area contributed by atoms with Crippen molar-refractivity contribution in [3.05, 3.63) is 111 Å². The summed E-state index contributed by atoms with van der Waals surface area (Å²) in [6.07, 6.45) is 4.18. The van der Waals surface area contributed by atoms with E-state index in [1.165, 1.54) is 6.07 Å². The van der Waals surface area contributed by atoms with E-state index >= 15 is 0 Å². The van der Waals surface area contributed by atoms with Gasteiger partial charge in [0, 0.05) is 29.7 Å². The largest absolute Gasteiger partial charge is 0.349 e. The number of halogens is 3. The summed E-state index contributed by atoms with van der Waals surface area (Å²) >= 11 is 0. The van der Waals surface area contributed by atoms with Crippen LogP contribution in [0.25, 0.3) is 27.6 Å². The predicted molar refractivity (Wildman–Crippen MR) is 142 cm³/mol. The van der Waals surface area contributed by atoms with Crippen LogP contribution in [0.15, 0.2) is 76.6 Å². The highest BCUT2D eigenvalue weighted by molar-refractivity contribution is 6.05. The van der Waals surface area contributed by atoms with E-state index in [1.54, 1.807) is 24.4 Å². The molecule has 2 aromatic carbocycles. The third-order valence-corrected chi connectivity index (χ3v) is 7.33. The molecule has 0 atom stereocenters. The summed E-state index contributed by atoms with van der Waals surface area (Å²) in [7, 11) is 0. The molecule has 0 aliphatic heterocycles. The second-order valence-electron chi connectivity index (χ2n) is 9.78. The minimum Gasteiger partial charge on any atom is -0.349 e. The fraction of sp³-hybridized carbons (Fsp3) is 0.207. The molecule has 0 bridgehead atoms. The molecule has 11 heteroatoms. The zero-order valence-corrected chi connectivity index (χ0v) is 21.0. The molecule has 0 unspecified atom stereocenters. The summed E-state index contributed by atoms with van der Waals surface area (Å²) < 4.78 is 43.8. The van der Waals surface area contributed by atoms with Crippen LogP contribution in [0.2, 0.25) is 0 Å². The summed E-state index contributed by atoms with van der Waals surface area (Å²) in [5.41, 5.74) is -0.681. The van der Waals surface area contributed by atoms with Gasteiger partial charge in [0.2, 0.25) is 0 Å². The van der Waals surface area contributed by atoms with E-state index in [-0.39, 0.29) is 28.7 Å². The first-order chi connectivity index (χ1) is 19.3. The Hall–Kier alpha value is -4.80. The van der Waals surface area contributed by atoms with Crippen LogP contribution in [-0.2, 0) is 0 Å². The van der Waals surface area contributed by atoms with Crippen LogP contribution in [0, 0.1) is 17.5 Å². The molecule has 3 heterocycles. The van der Waals surface area contributed by atoms with E-state index < -0.39 is 34.7 Å². The van der Waals surface area contributed by atoms with Crippen LogP contribution < -0.4 is 16.6 Å². The molecule has 40 heavy (non-hydrogen) atoms. The van der Waals surface area contributed by atoms with E-state index in [4.69, 9.17) is 0 Å². The van der Waals surface area contributed by atoms with Crippen molar-refractivity contribution in [1.29, 1.82) is 0 Å². The molecule has 1 saturated carbocycles. The number of pyridine rings is 2. The summed E-state index contributed by atoms with van der Waals surface area (Å²) in [5.74, 6) is -3.33. The fourth-order valence-corrected chi connectivity index (χ4v) is 5.39. The highest BCUT2D eigenvalue weighted by atomic mass is 19.2. The second-order valence-corrected chi connectivity index (χ2v) is 9.78. The van der Waals surface area contributed by atoms with E-state index in [0.29, 0.717) is 36.8 Å². The van der Waals surface area contributed by atoms with Gasteiger partial charge >= 0.3 is 5.69 Å². The number of hydrogen-bond donors (Lipinski definition) is 1. The average molecular weight is 546 g/mol. The van der Waals surface area contributed by atoms with E-state index in [9.17, 15) is 27.6 Å². The van der Waals surface area contributed by atoms with E-state index in [1.807, 2.05) is 12.1 Å². The lowest BCUT2D eigenvalue weighted by Crippen LogP contribution is -2.45. The van der Waals surface area contributed by atoms with Crippen LogP contribution in [0.4, 0.5) is 13.2 Å². The number of benzene rings is 2. The number of nitrogens with zero attached hydrogens (tertiary/aromatic N) is 4. The number of rotatable bonds is 4. The molecule has 6 rings (SSSR count). The predicted octanol–water partition coefficient (Wildman–Crippen LogP) is 4.43. The number of amides is 1.